The van der Waals surface area contributed by atoms with Crippen molar-refractivity contribution < 1.29 is 24.6 Å². The molecule has 0 spiro atoms. The fourth-order valence-electron chi connectivity index (χ4n) is 2.88. The van der Waals surface area contributed by atoms with Crippen LogP contribution in [0.1, 0.15) is 65.6 Å². The SMILES string of the molecule is CCCCCCc1nc(NC(=O)c2ccccc2C(=O)O)cn1CCC(=O)O. The molecular formula is C20H25N3O5. The second kappa shape index (κ2) is 10.2. The number of nitrogens with one attached hydrogen (secondary N) is 1. The van der Waals surface area contributed by atoms with E-state index in [9.17, 15) is 19.5 Å². The van der Waals surface area contributed by atoms with E-state index in [2.05, 4.69) is 17.2 Å². The number of carbonyl (C=O) groups is 3. The number of hydrogen-bond acceptors (Lipinski definition) is 4. The summed E-state index contributed by atoms with van der Waals surface area (Å²) in [4.78, 5) is 39.1. The number of aliphatic carboxylic acids is 1. The summed E-state index contributed by atoms with van der Waals surface area (Å²) < 4.78 is 1.73. The average molecular weight is 387 g/mol. The Labute approximate surface area is 163 Å². The molecule has 3 N–H and O–H groups in total. The normalized spacial score (nSPS) is 10.6. The zero-order chi connectivity index (χ0) is 20.5. The summed E-state index contributed by atoms with van der Waals surface area (Å²) in [6, 6.07) is 5.94. The van der Waals surface area contributed by atoms with Crippen LogP contribution in [0.2, 0.25) is 0 Å². The third-order valence-corrected chi connectivity index (χ3v) is 4.32. The summed E-state index contributed by atoms with van der Waals surface area (Å²) in [7, 11) is 0. The average Bonchev–Trinajstić information content (AvgIpc) is 3.05. The molecule has 1 aromatic carbocycles. The Morgan fingerprint density at radius 1 is 1.07 bits per heavy atom. The number of aromatic carboxylic acids is 1. The van der Waals surface area contributed by atoms with Crippen molar-refractivity contribution in [3.05, 3.63) is 47.4 Å². The number of rotatable bonds is 11. The number of aromatic nitrogens is 2. The van der Waals surface area contributed by atoms with Crippen molar-refractivity contribution >= 4 is 23.7 Å². The van der Waals surface area contributed by atoms with Gasteiger partial charge < -0.3 is 20.1 Å². The first-order valence-electron chi connectivity index (χ1n) is 9.34. The van der Waals surface area contributed by atoms with Gasteiger partial charge in [0.25, 0.3) is 5.91 Å². The van der Waals surface area contributed by atoms with Gasteiger partial charge in [0.05, 0.1) is 17.5 Å². The lowest BCUT2D eigenvalue weighted by molar-refractivity contribution is -0.137. The molecule has 8 heteroatoms. The molecule has 0 aliphatic carbocycles. The third-order valence-electron chi connectivity index (χ3n) is 4.32. The molecule has 0 unspecified atom stereocenters. The lowest BCUT2D eigenvalue weighted by Gasteiger charge is -2.05. The van der Waals surface area contributed by atoms with Crippen LogP contribution in [0, 0.1) is 0 Å². The van der Waals surface area contributed by atoms with E-state index in [1.165, 1.54) is 12.1 Å². The number of carbonyl (C=O) groups excluding carboxylic acids is 1. The topological polar surface area (TPSA) is 122 Å². The lowest BCUT2D eigenvalue weighted by Crippen LogP contribution is -2.16. The molecule has 1 amide bonds. The molecule has 0 atom stereocenters. The van der Waals surface area contributed by atoms with Crippen LogP contribution in [0.3, 0.4) is 0 Å². The second-order valence-corrected chi connectivity index (χ2v) is 6.50. The first kappa shape index (κ1) is 21.1. The number of amides is 1. The van der Waals surface area contributed by atoms with Crippen LogP contribution < -0.4 is 5.32 Å². The van der Waals surface area contributed by atoms with Crippen LogP contribution in [-0.4, -0.2) is 37.6 Å². The number of unbranched alkanes of at least 4 members (excludes halogenated alkanes) is 3. The first-order chi connectivity index (χ1) is 13.4. The smallest absolute Gasteiger partial charge is 0.336 e. The fraction of sp³-hybridized carbons (Fsp3) is 0.400. The van der Waals surface area contributed by atoms with E-state index in [-0.39, 0.29) is 29.9 Å². The number of anilines is 1. The molecule has 0 aliphatic rings. The van der Waals surface area contributed by atoms with E-state index >= 15 is 0 Å². The summed E-state index contributed by atoms with van der Waals surface area (Å²) in [5.74, 6) is -1.68. The van der Waals surface area contributed by atoms with Gasteiger partial charge in [0.1, 0.15) is 5.82 Å². The van der Waals surface area contributed by atoms with Crippen molar-refractivity contribution in [2.75, 3.05) is 5.32 Å². The van der Waals surface area contributed by atoms with E-state index in [0.29, 0.717) is 12.2 Å². The third kappa shape index (κ3) is 5.94. The number of carboxylic acid groups (broad SMARTS) is 2. The highest BCUT2D eigenvalue weighted by molar-refractivity contribution is 6.10. The molecule has 8 nitrogen and oxygen atoms in total. The summed E-state index contributed by atoms with van der Waals surface area (Å²) in [6.45, 7) is 2.38. The van der Waals surface area contributed by atoms with Crippen LogP contribution >= 0.6 is 0 Å². The highest BCUT2D eigenvalue weighted by atomic mass is 16.4. The van der Waals surface area contributed by atoms with Crippen LogP contribution in [-0.2, 0) is 17.8 Å². The van der Waals surface area contributed by atoms with E-state index in [1.807, 2.05) is 0 Å². The summed E-state index contributed by atoms with van der Waals surface area (Å²) in [5.41, 5.74) is -0.0512. The van der Waals surface area contributed by atoms with Gasteiger partial charge in [-0.05, 0) is 18.6 Å². The molecule has 0 saturated carbocycles. The molecule has 2 rings (SSSR count). The number of carboxylic acids is 2. The Balaban J connectivity index is 2.16. The van der Waals surface area contributed by atoms with Crippen molar-refractivity contribution in [3.63, 3.8) is 0 Å². The van der Waals surface area contributed by atoms with Gasteiger partial charge >= 0.3 is 11.9 Å². The molecule has 0 saturated heterocycles. The van der Waals surface area contributed by atoms with Gasteiger partial charge in [-0.2, -0.15) is 0 Å². The minimum atomic E-state index is -1.19. The van der Waals surface area contributed by atoms with Crippen molar-refractivity contribution in [2.24, 2.45) is 0 Å². The van der Waals surface area contributed by atoms with Crippen molar-refractivity contribution in [1.82, 2.24) is 9.55 Å². The van der Waals surface area contributed by atoms with Crippen LogP contribution in [0.25, 0.3) is 0 Å². The molecule has 150 valence electrons. The standard InChI is InChI=1S/C20H25N3O5/c1-2-3-4-5-10-17-21-16(13-23(17)12-11-18(24)25)22-19(26)14-8-6-7-9-15(14)20(27)28/h6-9,13H,2-5,10-12H2,1H3,(H,22,26)(H,24,25)(H,27,28). The fourth-order valence-corrected chi connectivity index (χ4v) is 2.88. The monoisotopic (exact) mass is 387 g/mol. The summed E-state index contributed by atoms with van der Waals surface area (Å²) in [6.07, 6.45) is 6.43. The highest BCUT2D eigenvalue weighted by Crippen LogP contribution is 2.16. The van der Waals surface area contributed by atoms with E-state index in [0.717, 1.165) is 25.7 Å². The number of imidazole rings is 1. The van der Waals surface area contributed by atoms with Gasteiger partial charge in [0.2, 0.25) is 0 Å². The highest BCUT2D eigenvalue weighted by Gasteiger charge is 2.18. The Morgan fingerprint density at radius 3 is 2.43 bits per heavy atom. The Bertz CT molecular complexity index is 844. The summed E-state index contributed by atoms with van der Waals surface area (Å²) >= 11 is 0. The number of hydrogen-bond donors (Lipinski definition) is 3. The molecule has 0 radical (unpaired) electrons. The second-order valence-electron chi connectivity index (χ2n) is 6.50. The largest absolute Gasteiger partial charge is 0.481 e. The molecule has 1 aromatic heterocycles. The summed E-state index contributed by atoms with van der Waals surface area (Å²) in [5, 5.41) is 20.8. The zero-order valence-electron chi connectivity index (χ0n) is 15.9. The van der Waals surface area contributed by atoms with Crippen LogP contribution in [0.15, 0.2) is 30.5 Å². The Hall–Kier alpha value is -3.16. The van der Waals surface area contributed by atoms with Gasteiger partial charge in [-0.25, -0.2) is 9.78 Å². The Kier molecular flexibility index (Phi) is 7.74. The number of aryl methyl sites for hydroxylation is 2. The lowest BCUT2D eigenvalue weighted by atomic mass is 10.1. The molecule has 0 aliphatic heterocycles. The number of benzene rings is 1. The molecule has 2 aromatic rings. The quantitative estimate of drug-likeness (QED) is 0.508. The first-order valence-corrected chi connectivity index (χ1v) is 9.34. The van der Waals surface area contributed by atoms with E-state index < -0.39 is 17.8 Å². The van der Waals surface area contributed by atoms with Gasteiger partial charge in [0.15, 0.2) is 5.82 Å². The molecule has 28 heavy (non-hydrogen) atoms. The van der Waals surface area contributed by atoms with Gasteiger partial charge in [-0.3, -0.25) is 9.59 Å². The van der Waals surface area contributed by atoms with E-state index in [4.69, 9.17) is 5.11 Å². The van der Waals surface area contributed by atoms with Crippen LogP contribution in [0.5, 0.6) is 0 Å². The molecule has 0 bridgehead atoms. The molecular weight excluding hydrogens is 362 g/mol. The maximum Gasteiger partial charge on any atom is 0.336 e. The maximum absolute atomic E-state index is 12.5. The number of nitrogens with zero attached hydrogens (tertiary/aromatic N) is 2. The molecule has 1 heterocycles. The van der Waals surface area contributed by atoms with Gasteiger partial charge in [-0.1, -0.05) is 38.3 Å². The Morgan fingerprint density at radius 2 is 1.79 bits per heavy atom. The van der Waals surface area contributed by atoms with Crippen molar-refractivity contribution in [3.8, 4) is 0 Å². The predicted molar refractivity (Wildman–Crippen MR) is 104 cm³/mol. The molecule has 0 fully saturated rings. The van der Waals surface area contributed by atoms with Crippen molar-refractivity contribution in [2.45, 2.75) is 52.0 Å². The maximum atomic E-state index is 12.5. The predicted octanol–water partition coefficient (Wildman–Crippen LogP) is 3.43. The minimum Gasteiger partial charge on any atom is -0.481 e. The van der Waals surface area contributed by atoms with Gasteiger partial charge in [-0.15, -0.1) is 0 Å². The minimum absolute atomic E-state index is 0.0413. The van der Waals surface area contributed by atoms with Crippen molar-refractivity contribution in [1.29, 1.82) is 0 Å². The van der Waals surface area contributed by atoms with Crippen LogP contribution in [0.4, 0.5) is 5.82 Å². The van der Waals surface area contributed by atoms with E-state index in [1.54, 1.807) is 22.9 Å². The zero-order valence-corrected chi connectivity index (χ0v) is 15.9. The van der Waals surface area contributed by atoms with Gasteiger partial charge in [0, 0.05) is 19.2 Å².